The van der Waals surface area contributed by atoms with E-state index in [9.17, 15) is 14.4 Å². The predicted molar refractivity (Wildman–Crippen MR) is 119 cm³/mol. The monoisotopic (exact) mass is 447 g/mol. The molecule has 0 saturated carbocycles. The van der Waals surface area contributed by atoms with Crippen LogP contribution in [0.2, 0.25) is 5.02 Å². The maximum atomic E-state index is 13.1. The molecule has 1 atom stereocenters. The number of ether oxygens (including phenoxy) is 1. The molecule has 0 spiro atoms. The average Bonchev–Trinajstić information content (AvgIpc) is 3.05. The first kappa shape index (κ1) is 22.0. The van der Waals surface area contributed by atoms with Gasteiger partial charge in [-0.25, -0.2) is 9.78 Å². The van der Waals surface area contributed by atoms with E-state index < -0.39 is 12.0 Å². The lowest BCUT2D eigenvalue weighted by molar-refractivity contribution is -0.118. The van der Waals surface area contributed by atoms with Crippen LogP contribution >= 0.6 is 22.9 Å². The normalized spacial score (nSPS) is 12.2. The van der Waals surface area contributed by atoms with Gasteiger partial charge in [0, 0.05) is 10.7 Å². The van der Waals surface area contributed by atoms with Gasteiger partial charge in [0.2, 0.25) is 5.91 Å². The molecule has 0 saturated heterocycles. The molecule has 0 radical (unpaired) electrons. The lowest BCUT2D eigenvalue weighted by atomic mass is 10.2. The number of thiophene rings is 1. The minimum absolute atomic E-state index is 0.207. The smallest absolute Gasteiger partial charge is 0.348 e. The summed E-state index contributed by atoms with van der Waals surface area (Å²) in [5.41, 5.74) is 0.705. The Labute approximate surface area is 182 Å². The molecule has 0 aliphatic heterocycles. The molecule has 0 aliphatic rings. The summed E-state index contributed by atoms with van der Waals surface area (Å²) in [6, 6.07) is 5.87. The molecule has 30 heavy (non-hydrogen) atoms. The summed E-state index contributed by atoms with van der Waals surface area (Å²) in [4.78, 5) is 43.2. The van der Waals surface area contributed by atoms with Gasteiger partial charge in [0.05, 0.1) is 18.3 Å². The van der Waals surface area contributed by atoms with Crippen molar-refractivity contribution in [3.8, 4) is 0 Å². The molecule has 2 aromatic heterocycles. The molecular formula is C21H22ClN3O4S. The molecule has 0 bridgehead atoms. The number of nitrogens with zero attached hydrogens (tertiary/aromatic N) is 2. The zero-order chi connectivity index (χ0) is 22.0. The first-order valence-electron chi connectivity index (χ1n) is 9.42. The zero-order valence-corrected chi connectivity index (χ0v) is 18.6. The third-order valence-corrected chi connectivity index (χ3v) is 5.95. The molecule has 2 heterocycles. The number of esters is 1. The van der Waals surface area contributed by atoms with E-state index in [-0.39, 0.29) is 17.4 Å². The summed E-state index contributed by atoms with van der Waals surface area (Å²) >= 11 is 6.98. The predicted octanol–water partition coefficient (Wildman–Crippen LogP) is 4.43. The number of carbonyl (C=O) groups excluding carboxylic acids is 2. The SMILES string of the molecule is Cc1c(C(=O)OCC(C)C)sc2ncn(C(C)C(=O)Nc3ccc(Cl)cc3)c(=O)c12. The number of aryl methyl sites for hydroxylation is 1. The number of amides is 1. The minimum Gasteiger partial charge on any atom is -0.461 e. The third-order valence-electron chi connectivity index (χ3n) is 4.52. The average molecular weight is 448 g/mol. The van der Waals surface area contributed by atoms with Crippen molar-refractivity contribution < 1.29 is 14.3 Å². The van der Waals surface area contributed by atoms with Gasteiger partial charge in [0.15, 0.2) is 0 Å². The Morgan fingerprint density at radius 3 is 2.53 bits per heavy atom. The molecule has 3 aromatic rings. The van der Waals surface area contributed by atoms with Gasteiger partial charge in [-0.15, -0.1) is 11.3 Å². The zero-order valence-electron chi connectivity index (χ0n) is 17.1. The van der Waals surface area contributed by atoms with Gasteiger partial charge in [-0.1, -0.05) is 25.4 Å². The molecule has 1 amide bonds. The van der Waals surface area contributed by atoms with E-state index >= 15 is 0 Å². The molecule has 1 N–H and O–H groups in total. The number of rotatable bonds is 6. The van der Waals surface area contributed by atoms with Crippen LogP contribution in [-0.4, -0.2) is 28.0 Å². The lowest BCUT2D eigenvalue weighted by Gasteiger charge is -2.15. The second-order valence-corrected chi connectivity index (χ2v) is 8.79. The van der Waals surface area contributed by atoms with Gasteiger partial charge in [0.25, 0.3) is 5.56 Å². The number of carbonyl (C=O) groups is 2. The van der Waals surface area contributed by atoms with Crippen LogP contribution in [0.15, 0.2) is 35.4 Å². The van der Waals surface area contributed by atoms with Crippen LogP contribution in [0.3, 0.4) is 0 Å². The number of fused-ring (bicyclic) bond motifs is 1. The number of halogens is 1. The maximum absolute atomic E-state index is 13.1. The van der Waals surface area contributed by atoms with Crippen LogP contribution in [0.4, 0.5) is 5.69 Å². The number of aromatic nitrogens is 2. The molecule has 1 aromatic carbocycles. The van der Waals surface area contributed by atoms with Crippen LogP contribution < -0.4 is 10.9 Å². The number of nitrogens with one attached hydrogen (secondary N) is 1. The maximum Gasteiger partial charge on any atom is 0.348 e. The van der Waals surface area contributed by atoms with E-state index in [0.29, 0.717) is 38.0 Å². The van der Waals surface area contributed by atoms with Crippen LogP contribution in [0, 0.1) is 12.8 Å². The van der Waals surface area contributed by atoms with Crippen LogP contribution in [0.25, 0.3) is 10.2 Å². The lowest BCUT2D eigenvalue weighted by Crippen LogP contribution is -2.31. The molecular weight excluding hydrogens is 426 g/mol. The standard InChI is InChI=1S/C21H22ClN3O4S/c1-11(2)9-29-21(28)17-12(3)16-19(30-17)23-10-25(20(16)27)13(4)18(26)24-15-7-5-14(22)6-8-15/h5-8,10-11,13H,9H2,1-4H3,(H,24,26). The summed E-state index contributed by atoms with van der Waals surface area (Å²) in [6.45, 7) is 7.49. The highest BCUT2D eigenvalue weighted by Gasteiger charge is 2.23. The molecule has 3 rings (SSSR count). The van der Waals surface area contributed by atoms with Crippen molar-refractivity contribution in [3.05, 3.63) is 56.4 Å². The fraction of sp³-hybridized carbons (Fsp3) is 0.333. The van der Waals surface area contributed by atoms with Crippen molar-refractivity contribution in [1.82, 2.24) is 9.55 Å². The number of hydrogen-bond donors (Lipinski definition) is 1. The van der Waals surface area contributed by atoms with Crippen molar-refractivity contribution in [2.75, 3.05) is 11.9 Å². The minimum atomic E-state index is -0.805. The Balaban J connectivity index is 1.89. The summed E-state index contributed by atoms with van der Waals surface area (Å²) in [7, 11) is 0. The Hall–Kier alpha value is -2.71. The van der Waals surface area contributed by atoms with E-state index in [1.165, 1.54) is 10.9 Å². The topological polar surface area (TPSA) is 90.3 Å². The third kappa shape index (κ3) is 4.55. The number of benzene rings is 1. The highest BCUT2D eigenvalue weighted by Crippen LogP contribution is 2.28. The van der Waals surface area contributed by atoms with Gasteiger partial charge < -0.3 is 10.1 Å². The largest absolute Gasteiger partial charge is 0.461 e. The summed E-state index contributed by atoms with van der Waals surface area (Å²) in [6.07, 6.45) is 1.33. The summed E-state index contributed by atoms with van der Waals surface area (Å²) in [5.74, 6) is -0.632. The highest BCUT2D eigenvalue weighted by atomic mass is 35.5. The number of hydrogen-bond acceptors (Lipinski definition) is 6. The van der Waals surface area contributed by atoms with E-state index in [2.05, 4.69) is 10.3 Å². The molecule has 158 valence electrons. The highest BCUT2D eigenvalue weighted by molar-refractivity contribution is 7.20. The van der Waals surface area contributed by atoms with Gasteiger partial charge >= 0.3 is 5.97 Å². The van der Waals surface area contributed by atoms with Gasteiger partial charge in [-0.3, -0.25) is 14.2 Å². The van der Waals surface area contributed by atoms with Crippen molar-refractivity contribution in [1.29, 1.82) is 0 Å². The number of anilines is 1. The van der Waals surface area contributed by atoms with E-state index in [0.717, 1.165) is 11.3 Å². The Morgan fingerprint density at radius 2 is 1.90 bits per heavy atom. The van der Waals surface area contributed by atoms with Crippen LogP contribution in [-0.2, 0) is 9.53 Å². The Morgan fingerprint density at radius 1 is 1.23 bits per heavy atom. The van der Waals surface area contributed by atoms with E-state index in [1.807, 2.05) is 13.8 Å². The molecule has 0 aliphatic carbocycles. The molecule has 0 fully saturated rings. The molecule has 1 unspecified atom stereocenters. The summed E-state index contributed by atoms with van der Waals surface area (Å²) < 4.78 is 6.55. The fourth-order valence-corrected chi connectivity index (χ4v) is 3.98. The van der Waals surface area contributed by atoms with Gasteiger partial charge in [0.1, 0.15) is 15.7 Å². The van der Waals surface area contributed by atoms with Crippen LogP contribution in [0.5, 0.6) is 0 Å². The van der Waals surface area contributed by atoms with Crippen LogP contribution in [0.1, 0.15) is 42.0 Å². The van der Waals surface area contributed by atoms with E-state index in [4.69, 9.17) is 16.3 Å². The van der Waals surface area contributed by atoms with Crippen molar-refractivity contribution in [2.24, 2.45) is 5.92 Å². The van der Waals surface area contributed by atoms with Crippen molar-refractivity contribution in [3.63, 3.8) is 0 Å². The Bertz CT molecular complexity index is 1150. The first-order valence-corrected chi connectivity index (χ1v) is 10.6. The van der Waals surface area contributed by atoms with Gasteiger partial charge in [-0.05, 0) is 49.6 Å². The summed E-state index contributed by atoms with van der Waals surface area (Å²) in [5, 5.41) is 3.63. The molecule has 7 nitrogen and oxygen atoms in total. The quantitative estimate of drug-likeness (QED) is 0.564. The molecule has 9 heteroatoms. The van der Waals surface area contributed by atoms with E-state index in [1.54, 1.807) is 38.1 Å². The second-order valence-electron chi connectivity index (χ2n) is 7.36. The first-order chi connectivity index (χ1) is 14.2. The Kier molecular flexibility index (Phi) is 6.58. The van der Waals surface area contributed by atoms with Gasteiger partial charge in [-0.2, -0.15) is 0 Å². The fourth-order valence-electron chi connectivity index (χ4n) is 2.82. The second kappa shape index (κ2) is 8.97. The van der Waals surface area contributed by atoms with Crippen molar-refractivity contribution in [2.45, 2.75) is 33.7 Å². The van der Waals surface area contributed by atoms with Crippen molar-refractivity contribution >= 4 is 50.7 Å².